The normalized spacial score (nSPS) is 25.2. The maximum absolute atomic E-state index is 12.0. The van der Waals surface area contributed by atoms with Gasteiger partial charge in [-0.1, -0.05) is 0 Å². The third-order valence-corrected chi connectivity index (χ3v) is 2.48. The molecular weight excluding hydrogens is 241 g/mol. The Hall–Kier alpha value is -1.31. The van der Waals surface area contributed by atoms with E-state index in [2.05, 4.69) is 10.1 Å². The van der Waals surface area contributed by atoms with Crippen LogP contribution >= 0.6 is 0 Å². The summed E-state index contributed by atoms with van der Waals surface area (Å²) in [6.07, 6.45) is -4.76. The molecule has 98 valence electrons. The van der Waals surface area contributed by atoms with Crippen molar-refractivity contribution in [1.29, 1.82) is 0 Å². The number of piperidine rings is 1. The molecule has 1 aliphatic heterocycles. The highest BCUT2D eigenvalue weighted by molar-refractivity contribution is 5.82. The molecule has 2 N–H and O–H groups in total. The van der Waals surface area contributed by atoms with Gasteiger partial charge in [-0.15, -0.1) is 0 Å². The molecule has 2 unspecified atom stereocenters. The van der Waals surface area contributed by atoms with Crippen LogP contribution in [0.4, 0.5) is 13.2 Å². The number of rotatable bonds is 2. The standard InChI is InChI=1S/C9H13F3N2O3/c1-17-7(15)5-2-6(4-13-3-5)14-8(16)9(10,11)12/h5-6,13H,2-4H2,1H3,(H,14,16). The molecule has 8 heteroatoms. The van der Waals surface area contributed by atoms with Crippen LogP contribution in [-0.2, 0) is 14.3 Å². The number of nitrogens with one attached hydrogen (secondary N) is 2. The lowest BCUT2D eigenvalue weighted by Gasteiger charge is -2.29. The molecular formula is C9H13F3N2O3. The molecule has 0 spiro atoms. The van der Waals surface area contributed by atoms with Crippen molar-refractivity contribution in [3.8, 4) is 0 Å². The van der Waals surface area contributed by atoms with Crippen molar-refractivity contribution in [2.24, 2.45) is 5.92 Å². The van der Waals surface area contributed by atoms with Crippen LogP contribution in [0, 0.1) is 5.92 Å². The van der Waals surface area contributed by atoms with Crippen LogP contribution < -0.4 is 10.6 Å². The molecule has 17 heavy (non-hydrogen) atoms. The number of alkyl halides is 3. The zero-order valence-electron chi connectivity index (χ0n) is 9.13. The molecule has 0 bridgehead atoms. The average Bonchev–Trinajstić information content (AvgIpc) is 2.27. The van der Waals surface area contributed by atoms with Crippen LogP contribution in [0.1, 0.15) is 6.42 Å². The van der Waals surface area contributed by atoms with E-state index in [1.807, 2.05) is 5.32 Å². The monoisotopic (exact) mass is 254 g/mol. The van der Waals surface area contributed by atoms with E-state index < -0.39 is 30.0 Å². The molecule has 0 saturated carbocycles. The Morgan fingerprint density at radius 3 is 2.53 bits per heavy atom. The van der Waals surface area contributed by atoms with Crippen LogP contribution in [0.5, 0.6) is 0 Å². The molecule has 1 amide bonds. The SMILES string of the molecule is COC(=O)C1CNCC(NC(=O)C(F)(F)F)C1. The van der Waals surface area contributed by atoms with Gasteiger partial charge in [0.05, 0.1) is 13.0 Å². The molecule has 1 rings (SSSR count). The lowest BCUT2D eigenvalue weighted by Crippen LogP contribution is -2.53. The lowest BCUT2D eigenvalue weighted by atomic mass is 9.96. The van der Waals surface area contributed by atoms with E-state index in [4.69, 9.17) is 0 Å². The van der Waals surface area contributed by atoms with Crippen LogP contribution in [0.3, 0.4) is 0 Å². The molecule has 0 aliphatic carbocycles. The van der Waals surface area contributed by atoms with Crippen LogP contribution in [0.15, 0.2) is 0 Å². The van der Waals surface area contributed by atoms with Gasteiger partial charge >= 0.3 is 18.1 Å². The molecule has 0 aromatic rings. The molecule has 5 nitrogen and oxygen atoms in total. The maximum Gasteiger partial charge on any atom is 0.471 e. The van der Waals surface area contributed by atoms with E-state index in [0.29, 0.717) is 6.54 Å². The predicted molar refractivity (Wildman–Crippen MR) is 51.0 cm³/mol. The summed E-state index contributed by atoms with van der Waals surface area (Å²) in [5, 5.41) is 4.61. The summed E-state index contributed by atoms with van der Waals surface area (Å²) in [4.78, 5) is 21.9. The van der Waals surface area contributed by atoms with Crippen molar-refractivity contribution in [2.75, 3.05) is 20.2 Å². The summed E-state index contributed by atoms with van der Waals surface area (Å²) < 4.78 is 40.5. The minimum atomic E-state index is -4.90. The third-order valence-electron chi connectivity index (χ3n) is 2.48. The first-order valence-corrected chi connectivity index (χ1v) is 5.01. The van der Waals surface area contributed by atoms with Gasteiger partial charge in [-0.05, 0) is 6.42 Å². The highest BCUT2D eigenvalue weighted by Gasteiger charge is 2.40. The Morgan fingerprint density at radius 2 is 2.00 bits per heavy atom. The van der Waals surface area contributed by atoms with Gasteiger partial charge in [0.2, 0.25) is 0 Å². The number of methoxy groups -OCH3 is 1. The Balaban J connectivity index is 2.50. The van der Waals surface area contributed by atoms with Gasteiger partial charge in [-0.25, -0.2) is 0 Å². The minimum absolute atomic E-state index is 0.140. The highest BCUT2D eigenvalue weighted by Crippen LogP contribution is 2.17. The molecule has 1 saturated heterocycles. The zero-order chi connectivity index (χ0) is 13.1. The summed E-state index contributed by atoms with van der Waals surface area (Å²) in [5.41, 5.74) is 0. The molecule has 1 aliphatic rings. The smallest absolute Gasteiger partial charge is 0.469 e. The molecule has 0 aromatic carbocycles. The minimum Gasteiger partial charge on any atom is -0.469 e. The maximum atomic E-state index is 12.0. The molecule has 1 fully saturated rings. The predicted octanol–water partition coefficient (Wildman–Crippen LogP) is -0.184. The Morgan fingerprint density at radius 1 is 1.35 bits per heavy atom. The van der Waals surface area contributed by atoms with Crippen molar-refractivity contribution < 1.29 is 27.5 Å². The van der Waals surface area contributed by atoms with Gasteiger partial charge in [-0.2, -0.15) is 13.2 Å². The van der Waals surface area contributed by atoms with E-state index in [0.717, 1.165) is 0 Å². The summed E-state index contributed by atoms with van der Waals surface area (Å²) in [6.45, 7) is 0.542. The van der Waals surface area contributed by atoms with Gasteiger partial charge in [0.15, 0.2) is 0 Å². The van der Waals surface area contributed by atoms with Crippen molar-refractivity contribution in [2.45, 2.75) is 18.6 Å². The van der Waals surface area contributed by atoms with E-state index in [1.54, 1.807) is 0 Å². The second-order valence-corrected chi connectivity index (χ2v) is 3.78. The molecule has 1 heterocycles. The summed E-state index contributed by atoms with van der Waals surface area (Å²) in [6, 6.07) is -0.720. The number of halogens is 3. The number of amides is 1. The Bertz CT molecular complexity index is 306. The van der Waals surface area contributed by atoms with E-state index in [-0.39, 0.29) is 13.0 Å². The van der Waals surface area contributed by atoms with E-state index >= 15 is 0 Å². The first kappa shape index (κ1) is 13.8. The van der Waals surface area contributed by atoms with Crippen LogP contribution in [0.2, 0.25) is 0 Å². The van der Waals surface area contributed by atoms with Gasteiger partial charge in [0.1, 0.15) is 0 Å². The van der Waals surface area contributed by atoms with Crippen LogP contribution in [0.25, 0.3) is 0 Å². The number of hydrogen-bond acceptors (Lipinski definition) is 4. The second kappa shape index (κ2) is 5.35. The van der Waals surface area contributed by atoms with Gasteiger partial charge in [0.25, 0.3) is 0 Å². The number of esters is 1. The molecule has 0 aromatic heterocycles. The van der Waals surface area contributed by atoms with Crippen LogP contribution in [-0.4, -0.2) is 44.3 Å². The average molecular weight is 254 g/mol. The van der Waals surface area contributed by atoms with Crippen molar-refractivity contribution in [3.63, 3.8) is 0 Å². The zero-order valence-corrected chi connectivity index (χ0v) is 9.13. The Kier molecular flexibility index (Phi) is 4.33. The number of ether oxygens (including phenoxy) is 1. The number of hydrogen-bond donors (Lipinski definition) is 2. The summed E-state index contributed by atoms with van der Waals surface area (Å²) in [7, 11) is 1.21. The van der Waals surface area contributed by atoms with Gasteiger partial charge in [-0.3, -0.25) is 9.59 Å². The highest BCUT2D eigenvalue weighted by atomic mass is 19.4. The van der Waals surface area contributed by atoms with Gasteiger partial charge < -0.3 is 15.4 Å². The molecule has 2 atom stereocenters. The topological polar surface area (TPSA) is 67.4 Å². The van der Waals surface area contributed by atoms with E-state index in [1.165, 1.54) is 7.11 Å². The first-order valence-electron chi connectivity index (χ1n) is 5.01. The quantitative estimate of drug-likeness (QED) is 0.671. The summed E-state index contributed by atoms with van der Waals surface area (Å²) >= 11 is 0. The first-order chi connectivity index (χ1) is 7.84. The third kappa shape index (κ3) is 3.88. The largest absolute Gasteiger partial charge is 0.471 e. The van der Waals surface area contributed by atoms with E-state index in [9.17, 15) is 22.8 Å². The fourth-order valence-corrected chi connectivity index (χ4v) is 1.67. The Labute approximate surface area is 95.7 Å². The molecule has 0 radical (unpaired) electrons. The number of carbonyl (C=O) groups is 2. The van der Waals surface area contributed by atoms with Crippen molar-refractivity contribution in [3.05, 3.63) is 0 Å². The number of carbonyl (C=O) groups excluding carboxylic acids is 2. The van der Waals surface area contributed by atoms with Gasteiger partial charge in [0, 0.05) is 19.1 Å². The second-order valence-electron chi connectivity index (χ2n) is 3.78. The van der Waals surface area contributed by atoms with Crippen molar-refractivity contribution >= 4 is 11.9 Å². The van der Waals surface area contributed by atoms with Crippen molar-refractivity contribution in [1.82, 2.24) is 10.6 Å². The fourth-order valence-electron chi connectivity index (χ4n) is 1.67. The summed E-state index contributed by atoms with van der Waals surface area (Å²) in [5.74, 6) is -3.02. The fraction of sp³-hybridized carbons (Fsp3) is 0.778. The lowest BCUT2D eigenvalue weighted by molar-refractivity contribution is -0.174.